The number of fused-ring (bicyclic) bond motifs is 1. The van der Waals surface area contributed by atoms with Crippen molar-refractivity contribution in [1.29, 1.82) is 0 Å². The van der Waals surface area contributed by atoms with Gasteiger partial charge in [-0.2, -0.15) is 5.10 Å². The number of halogens is 2. The minimum absolute atomic E-state index is 0.253. The van der Waals surface area contributed by atoms with Crippen LogP contribution in [0.25, 0.3) is 10.2 Å². The Morgan fingerprint density at radius 3 is 2.79 bits per heavy atom. The van der Waals surface area contributed by atoms with E-state index in [-0.39, 0.29) is 11.1 Å². The first kappa shape index (κ1) is 19.7. The Hall–Kier alpha value is -2.61. The van der Waals surface area contributed by atoms with Gasteiger partial charge in [0.1, 0.15) is 10.9 Å². The Morgan fingerprint density at radius 1 is 1.24 bits per heavy atom. The number of aromatic nitrogens is 3. The van der Waals surface area contributed by atoms with Crippen molar-refractivity contribution in [1.82, 2.24) is 14.8 Å². The van der Waals surface area contributed by atoms with E-state index >= 15 is 0 Å². The van der Waals surface area contributed by atoms with Gasteiger partial charge in [0, 0.05) is 5.02 Å². The van der Waals surface area contributed by atoms with Crippen LogP contribution in [-0.2, 0) is 6.54 Å². The molecule has 0 radical (unpaired) electrons. The van der Waals surface area contributed by atoms with Gasteiger partial charge in [0.15, 0.2) is 5.13 Å². The first-order chi connectivity index (χ1) is 14.0. The molecule has 4 aromatic rings. The summed E-state index contributed by atoms with van der Waals surface area (Å²) in [5.41, 5.74) is 2.49. The average molecular weight is 447 g/mol. The molecule has 0 unspecified atom stereocenters. The van der Waals surface area contributed by atoms with E-state index in [1.165, 1.54) is 11.3 Å². The smallest absolute Gasteiger partial charge is 0.262 e. The third-order valence-electron chi connectivity index (χ3n) is 4.39. The minimum Gasteiger partial charge on any atom is -0.497 e. The van der Waals surface area contributed by atoms with Gasteiger partial charge in [0.2, 0.25) is 0 Å². The van der Waals surface area contributed by atoms with Crippen LogP contribution in [0.5, 0.6) is 5.75 Å². The van der Waals surface area contributed by atoms with Crippen molar-refractivity contribution in [3.8, 4) is 5.75 Å². The third-order valence-corrected chi connectivity index (χ3v) is 6.07. The van der Waals surface area contributed by atoms with Crippen LogP contribution in [0.1, 0.15) is 21.6 Å². The van der Waals surface area contributed by atoms with Gasteiger partial charge in [-0.3, -0.25) is 10.1 Å². The molecule has 9 heteroatoms. The van der Waals surface area contributed by atoms with Crippen LogP contribution in [0.3, 0.4) is 0 Å². The summed E-state index contributed by atoms with van der Waals surface area (Å²) in [6, 6.07) is 13.0. The average Bonchev–Trinajstić information content (AvgIpc) is 3.22. The number of carbonyl (C=O) groups is 1. The third kappa shape index (κ3) is 3.94. The summed E-state index contributed by atoms with van der Waals surface area (Å²) in [5.74, 6) is 0.377. The molecule has 0 fully saturated rings. The number of rotatable bonds is 5. The lowest BCUT2D eigenvalue weighted by Crippen LogP contribution is -2.13. The molecule has 2 heterocycles. The largest absolute Gasteiger partial charge is 0.497 e. The maximum absolute atomic E-state index is 12.9. The highest BCUT2D eigenvalue weighted by atomic mass is 35.5. The van der Waals surface area contributed by atoms with Crippen LogP contribution in [0.15, 0.2) is 42.5 Å². The number of ether oxygens (including phenoxy) is 1. The monoisotopic (exact) mass is 446 g/mol. The predicted molar refractivity (Wildman–Crippen MR) is 117 cm³/mol. The van der Waals surface area contributed by atoms with Crippen molar-refractivity contribution in [2.75, 3.05) is 12.4 Å². The first-order valence-corrected chi connectivity index (χ1v) is 10.3. The molecular formula is C20H16Cl2N4O2S. The van der Waals surface area contributed by atoms with Crippen LogP contribution < -0.4 is 10.1 Å². The van der Waals surface area contributed by atoms with Crippen LogP contribution >= 0.6 is 34.5 Å². The molecular weight excluding hydrogens is 431 g/mol. The molecule has 2 aromatic heterocycles. The van der Waals surface area contributed by atoms with E-state index < -0.39 is 0 Å². The fourth-order valence-corrected chi connectivity index (χ4v) is 4.35. The number of nitrogens with zero attached hydrogens (tertiary/aromatic N) is 3. The van der Waals surface area contributed by atoms with Gasteiger partial charge in [-0.15, -0.1) is 0 Å². The van der Waals surface area contributed by atoms with E-state index in [1.54, 1.807) is 24.8 Å². The molecule has 0 atom stereocenters. The SMILES string of the molecule is COc1ccc2nc(NC(=O)c3c(C)nn(Cc4ccccc4Cl)c3Cl)sc2c1. The summed E-state index contributed by atoms with van der Waals surface area (Å²) in [5, 5.41) is 8.58. The number of methoxy groups -OCH3 is 1. The van der Waals surface area contributed by atoms with Crippen molar-refractivity contribution < 1.29 is 9.53 Å². The van der Waals surface area contributed by atoms with Gasteiger partial charge in [0.05, 0.1) is 35.1 Å². The molecule has 0 saturated heterocycles. The van der Waals surface area contributed by atoms with Crippen molar-refractivity contribution >= 4 is 55.8 Å². The number of amides is 1. The van der Waals surface area contributed by atoms with Gasteiger partial charge in [-0.25, -0.2) is 9.67 Å². The lowest BCUT2D eigenvalue weighted by Gasteiger charge is -2.06. The molecule has 1 N–H and O–H groups in total. The maximum atomic E-state index is 12.9. The standard InChI is InChI=1S/C20H16Cl2N4O2S/c1-11-17(18(22)26(25-11)10-12-5-3-4-6-14(12)21)19(27)24-20-23-15-8-7-13(28-2)9-16(15)29-20/h3-9H,10H2,1-2H3,(H,23,24,27). The molecule has 1 amide bonds. The molecule has 0 aliphatic heterocycles. The molecule has 0 aliphatic carbocycles. The van der Waals surface area contributed by atoms with Crippen LogP contribution in [0.4, 0.5) is 5.13 Å². The van der Waals surface area contributed by atoms with Crippen LogP contribution in [0, 0.1) is 6.92 Å². The second-order valence-electron chi connectivity index (χ2n) is 6.31. The molecule has 0 bridgehead atoms. The second-order valence-corrected chi connectivity index (χ2v) is 8.10. The molecule has 0 aliphatic rings. The minimum atomic E-state index is -0.357. The van der Waals surface area contributed by atoms with Gasteiger partial charge >= 0.3 is 0 Å². The Kier molecular flexibility index (Phi) is 5.45. The number of anilines is 1. The summed E-state index contributed by atoms with van der Waals surface area (Å²) in [7, 11) is 1.61. The zero-order valence-electron chi connectivity index (χ0n) is 15.6. The number of carbonyl (C=O) groups excluding carboxylic acids is 1. The maximum Gasteiger partial charge on any atom is 0.262 e. The highest BCUT2D eigenvalue weighted by Gasteiger charge is 2.22. The summed E-state index contributed by atoms with van der Waals surface area (Å²) >= 11 is 14.1. The van der Waals surface area contributed by atoms with Crippen LogP contribution in [-0.4, -0.2) is 27.8 Å². The fourth-order valence-electron chi connectivity index (χ4n) is 2.95. The fraction of sp³-hybridized carbons (Fsp3) is 0.150. The molecule has 6 nitrogen and oxygen atoms in total. The molecule has 4 rings (SSSR count). The van der Waals surface area contributed by atoms with E-state index in [9.17, 15) is 4.79 Å². The van der Waals surface area contributed by atoms with Crippen molar-refractivity contribution in [2.24, 2.45) is 0 Å². The lowest BCUT2D eigenvalue weighted by atomic mass is 10.2. The van der Waals surface area contributed by atoms with E-state index in [0.29, 0.717) is 28.0 Å². The number of aryl methyl sites for hydroxylation is 1. The van der Waals surface area contributed by atoms with E-state index in [4.69, 9.17) is 27.9 Å². The van der Waals surface area contributed by atoms with Gasteiger partial charge in [0.25, 0.3) is 5.91 Å². The number of nitrogens with one attached hydrogen (secondary N) is 1. The molecule has 29 heavy (non-hydrogen) atoms. The zero-order valence-corrected chi connectivity index (χ0v) is 17.9. The van der Waals surface area contributed by atoms with Crippen LogP contribution in [0.2, 0.25) is 10.2 Å². The molecule has 0 spiro atoms. The predicted octanol–water partition coefficient (Wildman–Crippen LogP) is 5.42. The highest BCUT2D eigenvalue weighted by molar-refractivity contribution is 7.22. The normalized spacial score (nSPS) is 11.0. The summed E-state index contributed by atoms with van der Waals surface area (Å²) in [6.07, 6.45) is 0. The topological polar surface area (TPSA) is 69.0 Å². The van der Waals surface area contributed by atoms with E-state index in [1.807, 2.05) is 36.4 Å². The number of benzene rings is 2. The first-order valence-electron chi connectivity index (χ1n) is 8.68. The van der Waals surface area contributed by atoms with Crippen molar-refractivity contribution in [3.05, 3.63) is 69.5 Å². The molecule has 148 valence electrons. The summed E-state index contributed by atoms with van der Waals surface area (Å²) < 4.78 is 7.71. The summed E-state index contributed by atoms with van der Waals surface area (Å²) in [6.45, 7) is 2.11. The Labute approximate surface area is 181 Å². The Balaban J connectivity index is 1.59. The summed E-state index contributed by atoms with van der Waals surface area (Å²) in [4.78, 5) is 17.3. The van der Waals surface area contributed by atoms with Crippen molar-refractivity contribution in [2.45, 2.75) is 13.5 Å². The van der Waals surface area contributed by atoms with Gasteiger partial charge < -0.3 is 4.74 Å². The van der Waals surface area contributed by atoms with Gasteiger partial charge in [-0.1, -0.05) is 52.7 Å². The van der Waals surface area contributed by atoms with Crippen molar-refractivity contribution in [3.63, 3.8) is 0 Å². The lowest BCUT2D eigenvalue weighted by molar-refractivity contribution is 0.102. The zero-order chi connectivity index (χ0) is 20.5. The Bertz CT molecular complexity index is 1220. The molecule has 0 saturated carbocycles. The molecule has 2 aromatic carbocycles. The Morgan fingerprint density at radius 2 is 2.03 bits per heavy atom. The quantitative estimate of drug-likeness (QED) is 0.444. The number of hydrogen-bond donors (Lipinski definition) is 1. The van der Waals surface area contributed by atoms with Gasteiger partial charge in [-0.05, 0) is 36.8 Å². The number of hydrogen-bond acceptors (Lipinski definition) is 5. The number of thiazole rings is 1. The van der Waals surface area contributed by atoms with E-state index in [0.717, 1.165) is 21.5 Å². The second kappa shape index (κ2) is 8.02. The highest BCUT2D eigenvalue weighted by Crippen LogP contribution is 2.30. The van der Waals surface area contributed by atoms with E-state index in [2.05, 4.69) is 15.4 Å².